The van der Waals surface area contributed by atoms with Crippen molar-refractivity contribution in [2.45, 2.75) is 51.5 Å². The lowest BCUT2D eigenvalue weighted by Gasteiger charge is -2.37. The zero-order valence-corrected chi connectivity index (χ0v) is 14.4. The molecule has 0 saturated carbocycles. The SMILES string of the molecule is CC(C)c1cc(N2CCC(N3CCCC3=O)CC2)c2nncn2n1. The Hall–Kier alpha value is -2.18. The molecule has 0 spiro atoms. The molecule has 0 atom stereocenters. The molecule has 2 fully saturated rings. The van der Waals surface area contributed by atoms with Crippen LogP contribution < -0.4 is 4.90 Å². The van der Waals surface area contributed by atoms with Gasteiger partial charge in [-0.05, 0) is 31.2 Å². The Kier molecular flexibility index (Phi) is 3.86. The van der Waals surface area contributed by atoms with Crippen LogP contribution in [0.2, 0.25) is 0 Å². The second-order valence-corrected chi connectivity index (χ2v) is 7.12. The molecule has 2 aliphatic heterocycles. The first kappa shape index (κ1) is 15.4. The number of carbonyl (C=O) groups is 1. The fourth-order valence-corrected chi connectivity index (χ4v) is 3.82. The number of aromatic nitrogens is 4. The van der Waals surface area contributed by atoms with Gasteiger partial charge in [0.2, 0.25) is 11.6 Å². The quantitative estimate of drug-likeness (QED) is 0.860. The van der Waals surface area contributed by atoms with Crippen molar-refractivity contribution in [3.63, 3.8) is 0 Å². The highest BCUT2D eigenvalue weighted by Crippen LogP contribution is 2.29. The van der Waals surface area contributed by atoms with Gasteiger partial charge in [-0.2, -0.15) is 9.61 Å². The number of fused-ring (bicyclic) bond motifs is 1. The van der Waals surface area contributed by atoms with Crippen LogP contribution in [0.25, 0.3) is 5.65 Å². The molecular weight excluding hydrogens is 304 g/mol. The number of nitrogens with zero attached hydrogens (tertiary/aromatic N) is 6. The van der Waals surface area contributed by atoms with Gasteiger partial charge in [-0.1, -0.05) is 13.8 Å². The summed E-state index contributed by atoms with van der Waals surface area (Å²) in [6.07, 6.45) is 5.45. The van der Waals surface area contributed by atoms with Gasteiger partial charge in [-0.25, -0.2) is 0 Å². The van der Waals surface area contributed by atoms with E-state index in [1.54, 1.807) is 10.8 Å². The van der Waals surface area contributed by atoms with E-state index in [4.69, 9.17) is 0 Å². The molecule has 4 rings (SSSR count). The van der Waals surface area contributed by atoms with Crippen LogP contribution in [0.1, 0.15) is 51.1 Å². The summed E-state index contributed by atoms with van der Waals surface area (Å²) in [7, 11) is 0. The monoisotopic (exact) mass is 328 g/mol. The minimum Gasteiger partial charge on any atom is -0.368 e. The van der Waals surface area contributed by atoms with Crippen molar-refractivity contribution in [2.75, 3.05) is 24.5 Å². The van der Waals surface area contributed by atoms with Gasteiger partial charge in [-0.15, -0.1) is 10.2 Å². The van der Waals surface area contributed by atoms with Crippen molar-refractivity contribution in [3.8, 4) is 0 Å². The smallest absolute Gasteiger partial charge is 0.222 e. The van der Waals surface area contributed by atoms with Crippen LogP contribution in [0.5, 0.6) is 0 Å². The number of likely N-dealkylation sites (tertiary alicyclic amines) is 1. The molecule has 0 aromatic carbocycles. The van der Waals surface area contributed by atoms with Gasteiger partial charge in [0, 0.05) is 32.1 Å². The van der Waals surface area contributed by atoms with Crippen molar-refractivity contribution >= 4 is 17.2 Å². The normalized spacial score (nSPS) is 19.9. The second kappa shape index (κ2) is 6.03. The Morgan fingerprint density at radius 2 is 2.00 bits per heavy atom. The maximum Gasteiger partial charge on any atom is 0.222 e. The molecule has 4 heterocycles. The summed E-state index contributed by atoms with van der Waals surface area (Å²) in [5, 5.41) is 12.9. The van der Waals surface area contributed by atoms with Gasteiger partial charge in [0.05, 0.1) is 11.4 Å². The number of hydrogen-bond acceptors (Lipinski definition) is 5. The second-order valence-electron chi connectivity index (χ2n) is 7.12. The molecular formula is C17H24N6O. The minimum atomic E-state index is 0.333. The Morgan fingerprint density at radius 3 is 2.67 bits per heavy atom. The van der Waals surface area contributed by atoms with Crippen molar-refractivity contribution in [3.05, 3.63) is 18.1 Å². The van der Waals surface area contributed by atoms with Crippen LogP contribution in [0, 0.1) is 0 Å². The molecule has 0 aliphatic carbocycles. The summed E-state index contributed by atoms with van der Waals surface area (Å²) < 4.78 is 1.78. The maximum absolute atomic E-state index is 12.0. The molecule has 0 unspecified atom stereocenters. The van der Waals surface area contributed by atoms with E-state index in [1.165, 1.54) is 0 Å². The van der Waals surface area contributed by atoms with Crippen LogP contribution in [0.3, 0.4) is 0 Å². The lowest BCUT2D eigenvalue weighted by Crippen LogP contribution is -2.45. The fraction of sp³-hybridized carbons (Fsp3) is 0.647. The van der Waals surface area contributed by atoms with Crippen molar-refractivity contribution in [2.24, 2.45) is 0 Å². The number of carbonyl (C=O) groups excluding carboxylic acids is 1. The first-order chi connectivity index (χ1) is 11.6. The average Bonchev–Trinajstić information content (AvgIpc) is 3.22. The number of rotatable bonds is 3. The summed E-state index contributed by atoms with van der Waals surface area (Å²) in [6.45, 7) is 7.11. The summed E-state index contributed by atoms with van der Waals surface area (Å²) in [5.41, 5.74) is 2.97. The van der Waals surface area contributed by atoms with E-state index in [0.717, 1.165) is 62.3 Å². The molecule has 2 saturated heterocycles. The fourth-order valence-electron chi connectivity index (χ4n) is 3.82. The van der Waals surface area contributed by atoms with Crippen LogP contribution in [0.4, 0.5) is 5.69 Å². The Balaban J connectivity index is 1.56. The summed E-state index contributed by atoms with van der Waals surface area (Å²) in [4.78, 5) is 16.4. The van der Waals surface area contributed by atoms with Crippen molar-refractivity contribution < 1.29 is 4.79 Å². The summed E-state index contributed by atoms with van der Waals surface area (Å²) in [6, 6.07) is 2.55. The van der Waals surface area contributed by atoms with Crippen molar-refractivity contribution in [1.82, 2.24) is 24.7 Å². The maximum atomic E-state index is 12.0. The average molecular weight is 328 g/mol. The minimum absolute atomic E-state index is 0.333. The largest absolute Gasteiger partial charge is 0.368 e. The van der Waals surface area contributed by atoms with Gasteiger partial charge in [0.15, 0.2) is 0 Å². The third-order valence-corrected chi connectivity index (χ3v) is 5.21. The predicted molar refractivity (Wildman–Crippen MR) is 91.1 cm³/mol. The molecule has 0 bridgehead atoms. The predicted octanol–water partition coefficient (Wildman–Crippen LogP) is 1.84. The molecule has 1 amide bonds. The number of piperidine rings is 1. The highest BCUT2D eigenvalue weighted by Gasteiger charge is 2.31. The molecule has 7 heteroatoms. The number of amides is 1. The molecule has 2 aliphatic rings. The highest BCUT2D eigenvalue weighted by molar-refractivity contribution is 5.78. The first-order valence-electron chi connectivity index (χ1n) is 8.89. The van der Waals surface area contributed by atoms with Crippen LogP contribution in [-0.2, 0) is 4.79 Å². The highest BCUT2D eigenvalue weighted by atomic mass is 16.2. The van der Waals surface area contributed by atoms with E-state index >= 15 is 0 Å². The summed E-state index contributed by atoms with van der Waals surface area (Å²) in [5.74, 6) is 0.689. The number of hydrogen-bond donors (Lipinski definition) is 0. The van der Waals surface area contributed by atoms with E-state index < -0.39 is 0 Å². The Bertz CT molecular complexity index is 747. The van der Waals surface area contributed by atoms with E-state index in [1.807, 2.05) is 0 Å². The zero-order chi connectivity index (χ0) is 16.7. The van der Waals surface area contributed by atoms with E-state index in [9.17, 15) is 4.79 Å². The van der Waals surface area contributed by atoms with E-state index in [2.05, 4.69) is 45.0 Å². The molecule has 24 heavy (non-hydrogen) atoms. The first-order valence-corrected chi connectivity index (χ1v) is 8.89. The standard InChI is InChI=1S/C17H24N6O/c1-12(2)14-10-15(17-19-18-11-23(17)20-14)21-8-5-13(6-9-21)22-7-3-4-16(22)24/h10-13H,3-9H2,1-2H3. The van der Waals surface area contributed by atoms with Gasteiger partial charge >= 0.3 is 0 Å². The third kappa shape index (κ3) is 2.61. The lowest BCUT2D eigenvalue weighted by atomic mass is 10.0. The van der Waals surface area contributed by atoms with Crippen molar-refractivity contribution in [1.29, 1.82) is 0 Å². The molecule has 7 nitrogen and oxygen atoms in total. The Labute approximate surface area is 141 Å². The lowest BCUT2D eigenvalue weighted by molar-refractivity contribution is -0.130. The topological polar surface area (TPSA) is 66.6 Å². The van der Waals surface area contributed by atoms with Gasteiger partial charge < -0.3 is 9.80 Å². The van der Waals surface area contributed by atoms with Crippen LogP contribution in [-0.4, -0.2) is 56.3 Å². The van der Waals surface area contributed by atoms with E-state index in [-0.39, 0.29) is 0 Å². The molecule has 2 aromatic rings. The Morgan fingerprint density at radius 1 is 1.21 bits per heavy atom. The molecule has 0 radical (unpaired) electrons. The van der Waals surface area contributed by atoms with Crippen LogP contribution >= 0.6 is 0 Å². The van der Waals surface area contributed by atoms with Gasteiger partial charge in [-0.3, -0.25) is 4.79 Å². The zero-order valence-electron chi connectivity index (χ0n) is 14.4. The summed E-state index contributed by atoms with van der Waals surface area (Å²) >= 11 is 0. The van der Waals surface area contributed by atoms with E-state index in [0.29, 0.717) is 17.9 Å². The molecule has 0 N–H and O–H groups in total. The van der Waals surface area contributed by atoms with Crippen LogP contribution in [0.15, 0.2) is 12.4 Å². The third-order valence-electron chi connectivity index (χ3n) is 5.21. The molecule has 2 aromatic heterocycles. The van der Waals surface area contributed by atoms with Gasteiger partial charge in [0.1, 0.15) is 6.33 Å². The van der Waals surface area contributed by atoms with Gasteiger partial charge in [0.25, 0.3) is 0 Å². The molecule has 128 valence electrons. The number of anilines is 1.